The number of nitrogens with one attached hydrogen (secondary N) is 2. The Balaban J connectivity index is 1.68. The maximum Gasteiger partial charge on any atom is 0.255 e. The van der Waals surface area contributed by atoms with E-state index in [0.29, 0.717) is 17.1 Å². The molecule has 2 aromatic carbocycles. The molecular weight excluding hydrogens is 317 g/mol. The van der Waals surface area contributed by atoms with Gasteiger partial charge in [-0.1, -0.05) is 25.1 Å². The van der Waals surface area contributed by atoms with Gasteiger partial charge in [0.2, 0.25) is 0 Å². The van der Waals surface area contributed by atoms with Crippen LogP contribution in [0.2, 0.25) is 0 Å². The number of aromatic nitrogens is 1. The van der Waals surface area contributed by atoms with E-state index in [1.807, 2.05) is 18.2 Å². The van der Waals surface area contributed by atoms with Crippen molar-refractivity contribution < 1.29 is 9.18 Å². The molecule has 0 radical (unpaired) electrons. The summed E-state index contributed by atoms with van der Waals surface area (Å²) in [6.07, 6.45) is 2.51. The topological polar surface area (TPSA) is 54.0 Å². The highest BCUT2D eigenvalue weighted by Gasteiger charge is 2.07. The fourth-order valence-electron chi connectivity index (χ4n) is 2.43. The highest BCUT2D eigenvalue weighted by Crippen LogP contribution is 2.21. The quantitative estimate of drug-likeness (QED) is 0.705. The second-order valence-electron chi connectivity index (χ2n) is 5.53. The molecule has 126 valence electrons. The highest BCUT2D eigenvalue weighted by atomic mass is 19.1. The predicted molar refractivity (Wildman–Crippen MR) is 97.7 cm³/mol. The van der Waals surface area contributed by atoms with Crippen LogP contribution >= 0.6 is 0 Å². The number of para-hydroxylation sites is 1. The smallest absolute Gasteiger partial charge is 0.255 e. The average Bonchev–Trinajstić information content (AvgIpc) is 2.64. The number of hydrogen-bond acceptors (Lipinski definition) is 3. The third-order valence-electron chi connectivity index (χ3n) is 3.79. The number of rotatable bonds is 5. The van der Waals surface area contributed by atoms with Crippen LogP contribution in [0.1, 0.15) is 22.8 Å². The van der Waals surface area contributed by atoms with E-state index in [2.05, 4.69) is 28.6 Å². The van der Waals surface area contributed by atoms with Crippen molar-refractivity contribution in [1.82, 2.24) is 4.98 Å². The van der Waals surface area contributed by atoms with E-state index < -0.39 is 0 Å². The van der Waals surface area contributed by atoms with Gasteiger partial charge in [0.15, 0.2) is 0 Å². The normalized spacial score (nSPS) is 10.3. The molecule has 0 atom stereocenters. The number of halogens is 1. The lowest BCUT2D eigenvalue weighted by Crippen LogP contribution is -2.12. The largest absolute Gasteiger partial charge is 0.340 e. The Hall–Kier alpha value is -3.21. The number of carbonyl (C=O) groups is 1. The molecule has 1 amide bonds. The van der Waals surface area contributed by atoms with Crippen LogP contribution in [0.25, 0.3) is 0 Å². The number of benzene rings is 2. The van der Waals surface area contributed by atoms with E-state index in [-0.39, 0.29) is 11.7 Å². The van der Waals surface area contributed by atoms with Crippen LogP contribution in [0.3, 0.4) is 0 Å². The zero-order valence-electron chi connectivity index (χ0n) is 13.8. The first-order valence-corrected chi connectivity index (χ1v) is 8.03. The van der Waals surface area contributed by atoms with E-state index in [9.17, 15) is 9.18 Å². The summed E-state index contributed by atoms with van der Waals surface area (Å²) in [6.45, 7) is 2.10. The molecule has 5 heteroatoms. The van der Waals surface area contributed by atoms with Crippen molar-refractivity contribution in [1.29, 1.82) is 0 Å². The second-order valence-corrected chi connectivity index (χ2v) is 5.53. The molecule has 0 spiro atoms. The average molecular weight is 335 g/mol. The van der Waals surface area contributed by atoms with Gasteiger partial charge in [-0.2, -0.15) is 0 Å². The molecule has 0 bridgehead atoms. The third-order valence-corrected chi connectivity index (χ3v) is 3.79. The fourth-order valence-corrected chi connectivity index (χ4v) is 2.43. The summed E-state index contributed by atoms with van der Waals surface area (Å²) in [5.41, 5.74) is 3.18. The first kappa shape index (κ1) is 16.6. The molecule has 0 saturated carbocycles. The van der Waals surface area contributed by atoms with E-state index in [1.54, 1.807) is 18.3 Å². The van der Waals surface area contributed by atoms with Gasteiger partial charge in [-0.25, -0.2) is 9.37 Å². The Morgan fingerprint density at radius 3 is 2.48 bits per heavy atom. The molecule has 3 aromatic rings. The van der Waals surface area contributed by atoms with Gasteiger partial charge in [0, 0.05) is 11.3 Å². The predicted octanol–water partition coefficient (Wildman–Crippen LogP) is 4.78. The van der Waals surface area contributed by atoms with Crippen molar-refractivity contribution >= 4 is 23.1 Å². The van der Waals surface area contributed by atoms with Crippen molar-refractivity contribution in [3.63, 3.8) is 0 Å². The highest BCUT2D eigenvalue weighted by molar-refractivity contribution is 6.04. The molecule has 0 aliphatic carbocycles. The van der Waals surface area contributed by atoms with Gasteiger partial charge in [-0.05, 0) is 54.4 Å². The summed E-state index contributed by atoms with van der Waals surface area (Å²) >= 11 is 0. The first-order valence-electron chi connectivity index (χ1n) is 8.03. The maximum absolute atomic E-state index is 12.9. The summed E-state index contributed by atoms with van der Waals surface area (Å²) < 4.78 is 12.9. The first-order chi connectivity index (χ1) is 12.2. The van der Waals surface area contributed by atoms with Gasteiger partial charge >= 0.3 is 0 Å². The van der Waals surface area contributed by atoms with Crippen LogP contribution in [-0.2, 0) is 6.42 Å². The number of carbonyl (C=O) groups excluding carboxylic acids is 1. The molecule has 0 aliphatic rings. The van der Waals surface area contributed by atoms with Crippen molar-refractivity contribution in [2.75, 3.05) is 10.6 Å². The number of hydrogen-bond donors (Lipinski definition) is 2. The molecular formula is C20H18FN3O. The van der Waals surface area contributed by atoms with Gasteiger partial charge < -0.3 is 10.6 Å². The van der Waals surface area contributed by atoms with E-state index >= 15 is 0 Å². The van der Waals surface area contributed by atoms with Crippen LogP contribution in [-0.4, -0.2) is 10.9 Å². The molecule has 0 saturated heterocycles. The van der Waals surface area contributed by atoms with Gasteiger partial charge in [0.05, 0.1) is 11.9 Å². The van der Waals surface area contributed by atoms with E-state index in [1.165, 1.54) is 29.8 Å². The van der Waals surface area contributed by atoms with Crippen LogP contribution in [0.4, 0.5) is 21.6 Å². The molecule has 1 heterocycles. The Kier molecular flexibility index (Phi) is 5.04. The molecule has 4 nitrogen and oxygen atoms in total. The van der Waals surface area contributed by atoms with Crippen LogP contribution in [0.5, 0.6) is 0 Å². The molecule has 1 aromatic heterocycles. The molecule has 0 aliphatic heterocycles. The summed E-state index contributed by atoms with van der Waals surface area (Å²) in [7, 11) is 0. The van der Waals surface area contributed by atoms with Crippen molar-refractivity contribution in [2.24, 2.45) is 0 Å². The van der Waals surface area contributed by atoms with Gasteiger partial charge in [0.1, 0.15) is 11.6 Å². The van der Waals surface area contributed by atoms with Crippen LogP contribution in [0, 0.1) is 5.82 Å². The van der Waals surface area contributed by atoms with Crippen molar-refractivity contribution in [2.45, 2.75) is 13.3 Å². The third kappa shape index (κ3) is 4.20. The van der Waals surface area contributed by atoms with Crippen molar-refractivity contribution in [3.05, 3.63) is 83.8 Å². The molecule has 25 heavy (non-hydrogen) atoms. The number of pyridine rings is 1. The zero-order chi connectivity index (χ0) is 17.6. The van der Waals surface area contributed by atoms with Crippen LogP contribution in [0.15, 0.2) is 66.9 Å². The SMILES string of the molecule is CCc1ccccc1Nc1ccc(NC(=O)c2ccc(F)cc2)cn1. The molecule has 0 fully saturated rings. The number of anilines is 3. The summed E-state index contributed by atoms with van der Waals surface area (Å²) in [4.78, 5) is 16.4. The maximum atomic E-state index is 12.9. The lowest BCUT2D eigenvalue weighted by molar-refractivity contribution is 0.102. The fraction of sp³-hybridized carbons (Fsp3) is 0.100. The van der Waals surface area contributed by atoms with Gasteiger partial charge in [-0.3, -0.25) is 4.79 Å². The van der Waals surface area contributed by atoms with Crippen molar-refractivity contribution in [3.8, 4) is 0 Å². The molecule has 0 unspecified atom stereocenters. The lowest BCUT2D eigenvalue weighted by Gasteiger charge is -2.11. The monoisotopic (exact) mass is 335 g/mol. The minimum absolute atomic E-state index is 0.307. The Labute approximate surface area is 145 Å². The summed E-state index contributed by atoms with van der Waals surface area (Å²) in [6, 6.07) is 17.0. The van der Waals surface area contributed by atoms with E-state index in [0.717, 1.165) is 12.1 Å². The van der Waals surface area contributed by atoms with E-state index in [4.69, 9.17) is 0 Å². The van der Waals surface area contributed by atoms with Gasteiger partial charge in [-0.15, -0.1) is 0 Å². The minimum Gasteiger partial charge on any atom is -0.340 e. The summed E-state index contributed by atoms with van der Waals surface area (Å²) in [5.74, 6) is 0.0144. The lowest BCUT2D eigenvalue weighted by atomic mass is 10.1. The summed E-state index contributed by atoms with van der Waals surface area (Å²) in [5, 5.41) is 6.02. The molecule has 2 N–H and O–H groups in total. The van der Waals surface area contributed by atoms with Gasteiger partial charge in [0.25, 0.3) is 5.91 Å². The van der Waals surface area contributed by atoms with Crippen LogP contribution < -0.4 is 10.6 Å². The Morgan fingerprint density at radius 1 is 1.04 bits per heavy atom. The number of amides is 1. The number of aryl methyl sites for hydroxylation is 1. The zero-order valence-corrected chi connectivity index (χ0v) is 13.8. The Bertz CT molecular complexity index is 861. The minimum atomic E-state index is -0.374. The molecule has 3 rings (SSSR count). The Morgan fingerprint density at radius 2 is 1.80 bits per heavy atom. The standard InChI is InChI=1S/C20H18FN3O/c1-2-14-5-3-4-6-18(14)24-19-12-11-17(13-22-19)23-20(25)15-7-9-16(21)10-8-15/h3-13H,2H2,1H3,(H,22,24)(H,23,25). The number of nitrogens with zero attached hydrogens (tertiary/aromatic N) is 1. The second kappa shape index (κ2) is 7.57.